The summed E-state index contributed by atoms with van der Waals surface area (Å²) in [5, 5.41) is 6.44. The quantitative estimate of drug-likeness (QED) is 0.782. The van der Waals surface area contributed by atoms with Gasteiger partial charge in [0, 0.05) is 31.5 Å². The molecule has 0 aliphatic rings. The van der Waals surface area contributed by atoms with Crippen molar-refractivity contribution in [3.05, 3.63) is 41.5 Å². The third-order valence-corrected chi connectivity index (χ3v) is 4.20. The lowest BCUT2D eigenvalue weighted by Gasteiger charge is -2.07. The van der Waals surface area contributed by atoms with Gasteiger partial charge in [-0.25, -0.2) is 9.97 Å². The summed E-state index contributed by atoms with van der Waals surface area (Å²) in [4.78, 5) is 10.3. The Kier molecular flexibility index (Phi) is 4.13. The van der Waals surface area contributed by atoms with Crippen LogP contribution in [0.15, 0.2) is 35.7 Å². The van der Waals surface area contributed by atoms with Gasteiger partial charge in [-0.15, -0.1) is 11.3 Å². The summed E-state index contributed by atoms with van der Waals surface area (Å²) in [5.41, 5.74) is 2.37. The predicted octanol–water partition coefficient (Wildman–Crippen LogP) is 3.59. The molecule has 108 valence electrons. The van der Waals surface area contributed by atoms with E-state index in [4.69, 9.17) is 4.74 Å². The molecule has 0 fully saturated rings. The first kappa shape index (κ1) is 14.0. The van der Waals surface area contributed by atoms with Crippen LogP contribution in [0.5, 0.6) is 0 Å². The Morgan fingerprint density at radius 3 is 2.71 bits per heavy atom. The molecule has 4 nitrogen and oxygen atoms in total. The van der Waals surface area contributed by atoms with E-state index in [2.05, 4.69) is 32.8 Å². The lowest BCUT2D eigenvalue weighted by atomic mass is 10.1. The SMILES string of the molecule is CNc1nc(CCOC)nc2scc(-c3ccccc3)c12. The molecule has 0 saturated heterocycles. The van der Waals surface area contributed by atoms with Crippen LogP contribution in [0.4, 0.5) is 5.82 Å². The second-order valence-corrected chi connectivity index (χ2v) is 5.53. The van der Waals surface area contributed by atoms with E-state index in [1.165, 1.54) is 11.1 Å². The number of fused-ring (bicyclic) bond motifs is 1. The fraction of sp³-hybridized carbons (Fsp3) is 0.250. The molecule has 0 aliphatic heterocycles. The minimum atomic E-state index is 0.631. The summed E-state index contributed by atoms with van der Waals surface area (Å²) in [6.45, 7) is 0.631. The molecule has 0 bridgehead atoms. The normalized spacial score (nSPS) is 11.0. The van der Waals surface area contributed by atoms with Gasteiger partial charge in [-0.3, -0.25) is 0 Å². The van der Waals surface area contributed by atoms with E-state index >= 15 is 0 Å². The zero-order chi connectivity index (χ0) is 14.7. The summed E-state index contributed by atoms with van der Waals surface area (Å²) in [6, 6.07) is 10.3. The van der Waals surface area contributed by atoms with Gasteiger partial charge >= 0.3 is 0 Å². The molecule has 2 aromatic heterocycles. The van der Waals surface area contributed by atoms with Crippen molar-refractivity contribution in [3.63, 3.8) is 0 Å². The van der Waals surface area contributed by atoms with Crippen LogP contribution < -0.4 is 5.32 Å². The highest BCUT2D eigenvalue weighted by atomic mass is 32.1. The van der Waals surface area contributed by atoms with Crippen LogP contribution in [0.25, 0.3) is 21.3 Å². The number of thiophene rings is 1. The van der Waals surface area contributed by atoms with Gasteiger partial charge in [0.1, 0.15) is 16.5 Å². The predicted molar refractivity (Wildman–Crippen MR) is 88.0 cm³/mol. The fourth-order valence-corrected chi connectivity index (χ4v) is 3.27. The van der Waals surface area contributed by atoms with Gasteiger partial charge < -0.3 is 10.1 Å². The minimum Gasteiger partial charge on any atom is -0.384 e. The molecule has 0 aliphatic carbocycles. The van der Waals surface area contributed by atoms with E-state index in [9.17, 15) is 0 Å². The first-order valence-corrected chi connectivity index (χ1v) is 7.71. The average molecular weight is 299 g/mol. The van der Waals surface area contributed by atoms with Crippen molar-refractivity contribution in [2.75, 3.05) is 26.1 Å². The third kappa shape index (κ3) is 2.75. The number of nitrogens with zero attached hydrogens (tertiary/aromatic N) is 2. The van der Waals surface area contributed by atoms with E-state index in [0.29, 0.717) is 6.61 Å². The number of ether oxygens (including phenoxy) is 1. The van der Waals surface area contributed by atoms with Crippen molar-refractivity contribution in [2.24, 2.45) is 0 Å². The first-order chi connectivity index (χ1) is 10.3. The van der Waals surface area contributed by atoms with Gasteiger partial charge in [0.2, 0.25) is 0 Å². The van der Waals surface area contributed by atoms with E-state index < -0.39 is 0 Å². The van der Waals surface area contributed by atoms with Gasteiger partial charge in [0.05, 0.1) is 12.0 Å². The Balaban J connectivity index is 2.13. The number of benzene rings is 1. The van der Waals surface area contributed by atoms with E-state index in [1.54, 1.807) is 18.4 Å². The number of nitrogens with one attached hydrogen (secondary N) is 1. The molecule has 0 atom stereocenters. The summed E-state index contributed by atoms with van der Waals surface area (Å²) in [6.07, 6.45) is 0.722. The number of aromatic nitrogens is 2. The van der Waals surface area contributed by atoms with E-state index in [0.717, 1.165) is 28.3 Å². The third-order valence-electron chi connectivity index (χ3n) is 3.33. The molecule has 0 spiro atoms. The summed E-state index contributed by atoms with van der Waals surface area (Å²) in [7, 11) is 3.59. The largest absolute Gasteiger partial charge is 0.384 e. The van der Waals surface area contributed by atoms with Crippen molar-refractivity contribution in [1.29, 1.82) is 0 Å². The highest BCUT2D eigenvalue weighted by Gasteiger charge is 2.14. The molecule has 1 aromatic carbocycles. The lowest BCUT2D eigenvalue weighted by Crippen LogP contribution is -2.04. The van der Waals surface area contributed by atoms with Crippen LogP contribution in [0, 0.1) is 0 Å². The second-order valence-electron chi connectivity index (χ2n) is 4.68. The molecule has 0 amide bonds. The monoisotopic (exact) mass is 299 g/mol. The molecule has 0 unspecified atom stereocenters. The molecule has 0 radical (unpaired) electrons. The molecular formula is C16H17N3OS. The van der Waals surface area contributed by atoms with Crippen LogP contribution in [0.2, 0.25) is 0 Å². The van der Waals surface area contributed by atoms with Crippen LogP contribution in [0.1, 0.15) is 5.82 Å². The first-order valence-electron chi connectivity index (χ1n) is 6.83. The van der Waals surface area contributed by atoms with Crippen LogP contribution in [-0.4, -0.2) is 30.7 Å². The topological polar surface area (TPSA) is 47.0 Å². The number of hydrogen-bond donors (Lipinski definition) is 1. The Morgan fingerprint density at radius 2 is 2.00 bits per heavy atom. The number of hydrogen-bond acceptors (Lipinski definition) is 5. The summed E-state index contributed by atoms with van der Waals surface area (Å²) < 4.78 is 5.11. The Hall–Kier alpha value is -1.98. The van der Waals surface area contributed by atoms with Crippen LogP contribution in [-0.2, 0) is 11.2 Å². The Labute approximate surface area is 127 Å². The van der Waals surface area contributed by atoms with Crippen molar-refractivity contribution in [1.82, 2.24) is 9.97 Å². The smallest absolute Gasteiger partial charge is 0.138 e. The van der Waals surface area contributed by atoms with Crippen molar-refractivity contribution >= 4 is 27.4 Å². The Morgan fingerprint density at radius 1 is 1.19 bits per heavy atom. The molecule has 5 heteroatoms. The van der Waals surface area contributed by atoms with E-state index in [-0.39, 0.29) is 0 Å². The van der Waals surface area contributed by atoms with Gasteiger partial charge in [0.25, 0.3) is 0 Å². The van der Waals surface area contributed by atoms with Gasteiger partial charge in [-0.1, -0.05) is 30.3 Å². The summed E-state index contributed by atoms with van der Waals surface area (Å²) >= 11 is 1.65. The highest BCUT2D eigenvalue weighted by Crippen LogP contribution is 2.36. The maximum absolute atomic E-state index is 5.11. The van der Waals surface area contributed by atoms with Crippen molar-refractivity contribution < 1.29 is 4.74 Å². The van der Waals surface area contributed by atoms with Gasteiger partial charge in [-0.2, -0.15) is 0 Å². The lowest BCUT2D eigenvalue weighted by molar-refractivity contribution is 0.200. The van der Waals surface area contributed by atoms with Gasteiger partial charge in [-0.05, 0) is 5.56 Å². The molecular weight excluding hydrogens is 282 g/mol. The molecule has 21 heavy (non-hydrogen) atoms. The van der Waals surface area contributed by atoms with Gasteiger partial charge in [0.15, 0.2) is 0 Å². The maximum Gasteiger partial charge on any atom is 0.138 e. The number of methoxy groups -OCH3 is 1. The summed E-state index contributed by atoms with van der Waals surface area (Å²) in [5.74, 6) is 1.70. The Bertz CT molecular complexity index is 740. The van der Waals surface area contributed by atoms with Crippen molar-refractivity contribution in [2.45, 2.75) is 6.42 Å². The molecule has 2 heterocycles. The van der Waals surface area contributed by atoms with Crippen LogP contribution in [0.3, 0.4) is 0 Å². The average Bonchev–Trinajstić information content (AvgIpc) is 2.97. The number of rotatable bonds is 5. The number of anilines is 1. The maximum atomic E-state index is 5.11. The minimum absolute atomic E-state index is 0.631. The van der Waals surface area contributed by atoms with E-state index in [1.807, 2.05) is 25.2 Å². The standard InChI is InChI=1S/C16H17N3OS/c1-17-15-14-12(11-6-4-3-5-7-11)10-21-16(14)19-13(18-15)8-9-20-2/h3-7,10H,8-9H2,1-2H3,(H,17,18,19). The second kappa shape index (κ2) is 6.20. The van der Waals surface area contributed by atoms with Crippen molar-refractivity contribution in [3.8, 4) is 11.1 Å². The van der Waals surface area contributed by atoms with Crippen LogP contribution >= 0.6 is 11.3 Å². The fourth-order valence-electron chi connectivity index (χ4n) is 2.30. The molecule has 0 saturated carbocycles. The molecule has 1 N–H and O–H groups in total. The zero-order valence-corrected chi connectivity index (χ0v) is 12.9. The molecule has 3 aromatic rings. The zero-order valence-electron chi connectivity index (χ0n) is 12.1. The highest BCUT2D eigenvalue weighted by molar-refractivity contribution is 7.17. The molecule has 3 rings (SSSR count).